The smallest absolute Gasteiger partial charge is 0.0775 e. The molecule has 0 saturated heterocycles. The number of hydrogen-bond acceptors (Lipinski definition) is 3. The van der Waals surface area contributed by atoms with Gasteiger partial charge in [0.05, 0.1) is 11.5 Å². The molecule has 1 aromatic carbocycles. The van der Waals surface area contributed by atoms with E-state index in [-0.39, 0.29) is 6.61 Å². The van der Waals surface area contributed by atoms with E-state index in [1.807, 2.05) is 6.92 Å². The molecule has 0 aliphatic rings. The fourth-order valence-electron chi connectivity index (χ4n) is 2.34. The molecule has 2 nitrogen and oxygen atoms in total. The first-order valence-electron chi connectivity index (χ1n) is 8.62. The van der Waals surface area contributed by atoms with E-state index in [4.69, 9.17) is 5.73 Å². The van der Waals surface area contributed by atoms with Gasteiger partial charge in [0.15, 0.2) is 0 Å². The van der Waals surface area contributed by atoms with E-state index in [9.17, 15) is 5.11 Å². The van der Waals surface area contributed by atoms with E-state index in [1.165, 1.54) is 23.3 Å². The van der Waals surface area contributed by atoms with Gasteiger partial charge in [-0.3, -0.25) is 0 Å². The number of aliphatic hydroxyl groups is 1. The number of aliphatic hydroxyl groups excluding tert-OH is 1. The number of thiophene rings is 1. The lowest BCUT2D eigenvalue weighted by atomic mass is 9.98. The Hall–Kier alpha value is -1.60. The van der Waals surface area contributed by atoms with Gasteiger partial charge in [-0.15, -0.1) is 11.3 Å². The van der Waals surface area contributed by atoms with Crippen LogP contribution in [0.4, 0.5) is 0 Å². The maximum absolute atomic E-state index is 9.21. The van der Waals surface area contributed by atoms with E-state index in [2.05, 4.69) is 55.2 Å². The second kappa shape index (κ2) is 9.03. The summed E-state index contributed by atoms with van der Waals surface area (Å²) >= 11 is 1.71. The van der Waals surface area contributed by atoms with Gasteiger partial charge in [0.25, 0.3) is 0 Å². The lowest BCUT2D eigenvalue weighted by Crippen LogP contribution is -2.40. The van der Waals surface area contributed by atoms with Crippen molar-refractivity contribution in [1.29, 1.82) is 0 Å². The summed E-state index contributed by atoms with van der Waals surface area (Å²) in [6.07, 6.45) is 5.26. The number of unbranched alkanes of at least 4 members (excludes halogenated alkanes) is 1. The van der Waals surface area contributed by atoms with Gasteiger partial charge in [0, 0.05) is 16.0 Å². The Kier molecular flexibility index (Phi) is 7.05. The first-order valence-corrected chi connectivity index (χ1v) is 9.43. The highest BCUT2D eigenvalue weighted by atomic mass is 32.1. The SMILES string of the molecule is CCCCc1ccc(C#Cc2ccc(CCC(C)(N)CO)s2)cc1. The number of aryl methyl sites for hydroxylation is 2. The topological polar surface area (TPSA) is 46.2 Å². The first kappa shape index (κ1) is 18.7. The molecule has 0 radical (unpaired) electrons. The lowest BCUT2D eigenvalue weighted by Gasteiger charge is -2.20. The van der Waals surface area contributed by atoms with Gasteiger partial charge in [-0.05, 0) is 62.4 Å². The zero-order valence-electron chi connectivity index (χ0n) is 14.6. The molecule has 0 fully saturated rings. The molecule has 0 spiro atoms. The van der Waals surface area contributed by atoms with E-state index < -0.39 is 5.54 Å². The number of benzene rings is 1. The fraction of sp³-hybridized carbons (Fsp3) is 0.429. The van der Waals surface area contributed by atoms with E-state index in [0.717, 1.165) is 29.7 Å². The molecular formula is C21H27NOS. The van der Waals surface area contributed by atoms with Crippen LogP contribution in [-0.4, -0.2) is 17.3 Å². The summed E-state index contributed by atoms with van der Waals surface area (Å²) in [4.78, 5) is 2.34. The Balaban J connectivity index is 1.94. The molecule has 0 aliphatic heterocycles. The molecule has 1 atom stereocenters. The number of hydrogen-bond donors (Lipinski definition) is 2. The van der Waals surface area contributed by atoms with E-state index in [1.54, 1.807) is 11.3 Å². The van der Waals surface area contributed by atoms with E-state index in [0.29, 0.717) is 0 Å². The lowest BCUT2D eigenvalue weighted by molar-refractivity contribution is 0.201. The van der Waals surface area contributed by atoms with Crippen LogP contribution in [0.2, 0.25) is 0 Å². The van der Waals surface area contributed by atoms with Crippen LogP contribution < -0.4 is 5.73 Å². The van der Waals surface area contributed by atoms with Crippen molar-refractivity contribution >= 4 is 11.3 Å². The third-order valence-electron chi connectivity index (χ3n) is 4.07. The highest BCUT2D eigenvalue weighted by Crippen LogP contribution is 2.20. The third-order valence-corrected chi connectivity index (χ3v) is 5.13. The zero-order valence-corrected chi connectivity index (χ0v) is 15.5. The minimum absolute atomic E-state index is 0.0132. The Bertz CT molecular complexity index is 689. The summed E-state index contributed by atoms with van der Waals surface area (Å²) in [6, 6.07) is 12.7. The van der Waals surface area contributed by atoms with Gasteiger partial charge in [-0.2, -0.15) is 0 Å². The first-order chi connectivity index (χ1) is 11.5. The monoisotopic (exact) mass is 341 g/mol. The van der Waals surface area contributed by atoms with Crippen LogP contribution in [-0.2, 0) is 12.8 Å². The van der Waals surface area contributed by atoms with Crippen LogP contribution in [0.1, 0.15) is 54.0 Å². The third kappa shape index (κ3) is 6.13. The summed E-state index contributed by atoms with van der Waals surface area (Å²) in [7, 11) is 0. The molecule has 2 rings (SSSR count). The van der Waals surface area contributed by atoms with Crippen molar-refractivity contribution < 1.29 is 5.11 Å². The van der Waals surface area contributed by atoms with Crippen molar-refractivity contribution in [1.82, 2.24) is 0 Å². The maximum atomic E-state index is 9.21. The van der Waals surface area contributed by atoms with Crippen molar-refractivity contribution in [2.24, 2.45) is 5.73 Å². The van der Waals surface area contributed by atoms with Crippen molar-refractivity contribution in [3.8, 4) is 11.8 Å². The van der Waals surface area contributed by atoms with Crippen LogP contribution in [0.3, 0.4) is 0 Å². The average Bonchev–Trinajstić information content (AvgIpc) is 3.05. The molecule has 3 heteroatoms. The van der Waals surface area contributed by atoms with Crippen molar-refractivity contribution in [2.45, 2.75) is 51.5 Å². The molecule has 0 bridgehead atoms. The van der Waals surface area contributed by atoms with E-state index >= 15 is 0 Å². The summed E-state index contributed by atoms with van der Waals surface area (Å²) in [5.41, 5.74) is 7.91. The second-order valence-electron chi connectivity index (χ2n) is 6.63. The molecule has 0 saturated carbocycles. The van der Waals surface area contributed by atoms with Crippen LogP contribution in [0.5, 0.6) is 0 Å². The standard InChI is InChI=1S/C21H27NOS/c1-3-4-5-17-6-8-18(9-7-17)10-11-19-12-13-20(24-19)14-15-21(2,22)16-23/h6-9,12-13,23H,3-5,14-16,22H2,1-2H3. The van der Waals surface area contributed by atoms with Gasteiger partial charge in [0.2, 0.25) is 0 Å². The van der Waals surface area contributed by atoms with Crippen LogP contribution >= 0.6 is 11.3 Å². The summed E-state index contributed by atoms with van der Waals surface area (Å²) < 4.78 is 0. The Morgan fingerprint density at radius 2 is 1.83 bits per heavy atom. The molecule has 128 valence electrons. The second-order valence-corrected chi connectivity index (χ2v) is 7.80. The predicted octanol–water partition coefficient (Wildman–Crippen LogP) is 4.13. The Labute approximate surface area is 149 Å². The van der Waals surface area contributed by atoms with Gasteiger partial charge in [-0.25, -0.2) is 0 Å². The number of rotatable bonds is 7. The van der Waals surface area contributed by atoms with Gasteiger partial charge in [-0.1, -0.05) is 37.3 Å². The molecule has 0 amide bonds. The largest absolute Gasteiger partial charge is 0.394 e. The van der Waals surface area contributed by atoms with Crippen LogP contribution in [0, 0.1) is 11.8 Å². The normalized spacial score (nSPS) is 13.2. The minimum atomic E-state index is -0.505. The molecule has 1 heterocycles. The highest BCUT2D eigenvalue weighted by Gasteiger charge is 2.16. The summed E-state index contributed by atoms with van der Waals surface area (Å²) in [5, 5.41) is 9.21. The molecule has 2 aromatic rings. The quantitative estimate of drug-likeness (QED) is 0.744. The summed E-state index contributed by atoms with van der Waals surface area (Å²) in [5.74, 6) is 6.48. The van der Waals surface area contributed by atoms with Crippen molar-refractivity contribution in [3.63, 3.8) is 0 Å². The maximum Gasteiger partial charge on any atom is 0.0775 e. The van der Waals surface area contributed by atoms with Crippen molar-refractivity contribution in [3.05, 3.63) is 57.3 Å². The molecule has 1 aromatic heterocycles. The molecule has 0 aliphatic carbocycles. The molecule has 3 N–H and O–H groups in total. The van der Waals surface area contributed by atoms with Crippen molar-refractivity contribution in [2.75, 3.05) is 6.61 Å². The molecule has 24 heavy (non-hydrogen) atoms. The zero-order chi connectivity index (χ0) is 17.4. The Morgan fingerprint density at radius 1 is 1.08 bits per heavy atom. The van der Waals surface area contributed by atoms with Crippen LogP contribution in [0.15, 0.2) is 36.4 Å². The minimum Gasteiger partial charge on any atom is -0.394 e. The molecule has 1 unspecified atom stereocenters. The Morgan fingerprint density at radius 3 is 2.50 bits per heavy atom. The predicted molar refractivity (Wildman–Crippen MR) is 103 cm³/mol. The van der Waals surface area contributed by atoms with Gasteiger partial charge < -0.3 is 10.8 Å². The highest BCUT2D eigenvalue weighted by molar-refractivity contribution is 7.12. The molecular weight excluding hydrogens is 314 g/mol. The van der Waals surface area contributed by atoms with Gasteiger partial charge >= 0.3 is 0 Å². The number of nitrogens with two attached hydrogens (primary N) is 1. The fourth-order valence-corrected chi connectivity index (χ4v) is 3.20. The average molecular weight is 342 g/mol. The summed E-state index contributed by atoms with van der Waals surface area (Å²) in [6.45, 7) is 4.11. The van der Waals surface area contributed by atoms with Gasteiger partial charge in [0.1, 0.15) is 0 Å². The van der Waals surface area contributed by atoms with Crippen LogP contribution in [0.25, 0.3) is 0 Å².